The van der Waals surface area contributed by atoms with Crippen molar-refractivity contribution >= 4 is 17.2 Å². The van der Waals surface area contributed by atoms with Gasteiger partial charge in [-0.05, 0) is 38.1 Å². The average Bonchev–Trinajstić information content (AvgIpc) is 3.04. The standard InChI is InChI=1S/C21H16F3N5O/c1-12-16(8-5-10-25-12)27-20(30)18-13(2)28-29-11-9-17(26-19(18)29)14-6-3-4-7-15(14)21(22,23)24/h3-11H,1-2H3,(H,27,30). The van der Waals surface area contributed by atoms with Crippen molar-refractivity contribution in [3.8, 4) is 11.3 Å². The summed E-state index contributed by atoms with van der Waals surface area (Å²) in [6, 6.07) is 10.0. The van der Waals surface area contributed by atoms with Crippen molar-refractivity contribution < 1.29 is 18.0 Å². The predicted molar refractivity (Wildman–Crippen MR) is 105 cm³/mol. The van der Waals surface area contributed by atoms with Crippen LogP contribution in [0.5, 0.6) is 0 Å². The van der Waals surface area contributed by atoms with Crippen LogP contribution >= 0.6 is 0 Å². The van der Waals surface area contributed by atoms with E-state index in [1.165, 1.54) is 35.0 Å². The summed E-state index contributed by atoms with van der Waals surface area (Å²) in [6.45, 7) is 3.39. The number of nitrogens with one attached hydrogen (secondary N) is 1. The third kappa shape index (κ3) is 3.49. The summed E-state index contributed by atoms with van der Waals surface area (Å²) in [7, 11) is 0. The molecule has 0 spiro atoms. The van der Waals surface area contributed by atoms with E-state index < -0.39 is 17.6 Å². The topological polar surface area (TPSA) is 72.2 Å². The van der Waals surface area contributed by atoms with Gasteiger partial charge in [0.1, 0.15) is 5.56 Å². The molecule has 0 saturated heterocycles. The molecule has 0 aliphatic heterocycles. The predicted octanol–water partition coefficient (Wildman–Crippen LogP) is 4.68. The Hall–Kier alpha value is -3.75. The number of carbonyl (C=O) groups excluding carboxylic acids is 1. The molecule has 0 fully saturated rings. The van der Waals surface area contributed by atoms with Crippen LogP contribution in [0.15, 0.2) is 54.9 Å². The molecule has 6 nitrogen and oxygen atoms in total. The molecule has 1 aromatic carbocycles. The van der Waals surface area contributed by atoms with Gasteiger partial charge in [0, 0.05) is 18.0 Å². The fraction of sp³-hybridized carbons (Fsp3) is 0.143. The van der Waals surface area contributed by atoms with Crippen molar-refractivity contribution in [1.29, 1.82) is 0 Å². The minimum absolute atomic E-state index is 0.0687. The molecule has 0 bridgehead atoms. The van der Waals surface area contributed by atoms with E-state index in [1.807, 2.05) is 0 Å². The van der Waals surface area contributed by atoms with Crippen LogP contribution in [0.4, 0.5) is 18.9 Å². The first-order chi connectivity index (χ1) is 14.3. The molecule has 3 aromatic heterocycles. The largest absolute Gasteiger partial charge is 0.417 e. The van der Waals surface area contributed by atoms with Crippen LogP contribution in [0.2, 0.25) is 0 Å². The third-order valence-electron chi connectivity index (χ3n) is 4.65. The fourth-order valence-corrected chi connectivity index (χ4v) is 3.21. The normalized spacial score (nSPS) is 11.6. The smallest absolute Gasteiger partial charge is 0.320 e. The molecule has 4 rings (SSSR count). The zero-order valence-electron chi connectivity index (χ0n) is 16.0. The van der Waals surface area contributed by atoms with E-state index in [0.29, 0.717) is 17.1 Å². The molecule has 30 heavy (non-hydrogen) atoms. The zero-order chi connectivity index (χ0) is 21.5. The van der Waals surface area contributed by atoms with Crippen LogP contribution in [0.3, 0.4) is 0 Å². The summed E-state index contributed by atoms with van der Waals surface area (Å²) in [5, 5.41) is 7.03. The number of amides is 1. The lowest BCUT2D eigenvalue weighted by Gasteiger charge is -2.12. The van der Waals surface area contributed by atoms with Gasteiger partial charge in [0.15, 0.2) is 5.65 Å². The summed E-state index contributed by atoms with van der Waals surface area (Å²) in [5.41, 5.74) is 1.15. The maximum absolute atomic E-state index is 13.4. The monoisotopic (exact) mass is 411 g/mol. The number of fused-ring (bicyclic) bond motifs is 1. The number of rotatable bonds is 3. The van der Waals surface area contributed by atoms with Crippen molar-refractivity contribution in [2.45, 2.75) is 20.0 Å². The molecule has 0 atom stereocenters. The summed E-state index contributed by atoms with van der Waals surface area (Å²) in [6.07, 6.45) is -1.43. The summed E-state index contributed by atoms with van der Waals surface area (Å²) < 4.78 is 41.6. The Morgan fingerprint density at radius 3 is 2.53 bits per heavy atom. The lowest BCUT2D eigenvalue weighted by Crippen LogP contribution is -2.14. The van der Waals surface area contributed by atoms with E-state index in [1.54, 1.807) is 32.2 Å². The van der Waals surface area contributed by atoms with Crippen molar-refractivity contribution in [1.82, 2.24) is 19.6 Å². The van der Waals surface area contributed by atoms with Crippen LogP contribution < -0.4 is 5.32 Å². The average molecular weight is 411 g/mol. The fourth-order valence-electron chi connectivity index (χ4n) is 3.21. The number of hydrogen-bond donors (Lipinski definition) is 1. The number of hydrogen-bond acceptors (Lipinski definition) is 4. The number of pyridine rings is 1. The van der Waals surface area contributed by atoms with Crippen LogP contribution in [0.1, 0.15) is 27.3 Å². The van der Waals surface area contributed by atoms with E-state index in [0.717, 1.165) is 6.07 Å². The lowest BCUT2D eigenvalue weighted by atomic mass is 10.0. The van der Waals surface area contributed by atoms with Gasteiger partial charge < -0.3 is 5.32 Å². The van der Waals surface area contributed by atoms with Crippen LogP contribution in [0.25, 0.3) is 16.9 Å². The first-order valence-corrected chi connectivity index (χ1v) is 9.01. The molecule has 0 aliphatic carbocycles. The van der Waals surface area contributed by atoms with Crippen molar-refractivity contribution in [2.75, 3.05) is 5.32 Å². The maximum atomic E-state index is 13.4. The minimum atomic E-state index is -4.53. The second kappa shape index (κ2) is 7.25. The van der Waals surface area contributed by atoms with Crippen molar-refractivity contribution in [2.24, 2.45) is 0 Å². The van der Waals surface area contributed by atoms with Crippen LogP contribution in [-0.4, -0.2) is 25.5 Å². The molecule has 0 saturated carbocycles. The number of nitrogens with zero attached hydrogens (tertiary/aromatic N) is 4. The highest BCUT2D eigenvalue weighted by Gasteiger charge is 2.33. The van der Waals surface area contributed by atoms with Gasteiger partial charge in [-0.15, -0.1) is 0 Å². The van der Waals surface area contributed by atoms with Gasteiger partial charge in [0.25, 0.3) is 5.91 Å². The molecule has 9 heteroatoms. The lowest BCUT2D eigenvalue weighted by molar-refractivity contribution is -0.137. The number of benzene rings is 1. The molecule has 1 amide bonds. The SMILES string of the molecule is Cc1ncccc1NC(=O)c1c(C)nn2ccc(-c3ccccc3C(F)(F)F)nc12. The second-order valence-electron chi connectivity index (χ2n) is 6.68. The maximum Gasteiger partial charge on any atom is 0.417 e. The summed E-state index contributed by atoms with van der Waals surface area (Å²) in [5.74, 6) is -0.465. The van der Waals surface area contributed by atoms with E-state index in [2.05, 4.69) is 20.4 Å². The first-order valence-electron chi connectivity index (χ1n) is 9.01. The molecule has 0 aliphatic rings. The first kappa shape index (κ1) is 19.6. The molecule has 0 unspecified atom stereocenters. The van der Waals surface area contributed by atoms with Gasteiger partial charge in [-0.2, -0.15) is 18.3 Å². The Kier molecular flexibility index (Phi) is 4.73. The van der Waals surface area contributed by atoms with Crippen molar-refractivity contribution in [3.05, 3.63) is 77.4 Å². The van der Waals surface area contributed by atoms with Gasteiger partial charge in [0.2, 0.25) is 0 Å². The number of aryl methyl sites for hydroxylation is 2. The Morgan fingerprint density at radius 1 is 1.03 bits per heavy atom. The van der Waals surface area contributed by atoms with E-state index in [4.69, 9.17) is 0 Å². The molecule has 3 heterocycles. The number of aromatic nitrogens is 4. The molecular formula is C21H16F3N5O. The quantitative estimate of drug-likeness (QED) is 0.531. The summed E-state index contributed by atoms with van der Waals surface area (Å²) in [4.78, 5) is 21.4. The van der Waals surface area contributed by atoms with Crippen LogP contribution in [0, 0.1) is 13.8 Å². The minimum Gasteiger partial charge on any atom is -0.320 e. The second-order valence-corrected chi connectivity index (χ2v) is 6.68. The van der Waals surface area contributed by atoms with Crippen molar-refractivity contribution in [3.63, 3.8) is 0 Å². The molecule has 4 aromatic rings. The van der Waals surface area contributed by atoms with Crippen LogP contribution in [-0.2, 0) is 6.18 Å². The highest BCUT2D eigenvalue weighted by Crippen LogP contribution is 2.36. The summed E-state index contributed by atoms with van der Waals surface area (Å²) >= 11 is 0. The number of anilines is 1. The Morgan fingerprint density at radius 2 is 1.80 bits per heavy atom. The van der Waals surface area contributed by atoms with E-state index in [-0.39, 0.29) is 22.5 Å². The van der Waals surface area contributed by atoms with Gasteiger partial charge in [-0.25, -0.2) is 9.50 Å². The van der Waals surface area contributed by atoms with Gasteiger partial charge >= 0.3 is 6.18 Å². The molecular weight excluding hydrogens is 395 g/mol. The van der Waals surface area contributed by atoms with E-state index in [9.17, 15) is 18.0 Å². The Labute approximate surface area is 169 Å². The third-order valence-corrected chi connectivity index (χ3v) is 4.65. The zero-order valence-corrected chi connectivity index (χ0v) is 16.0. The van der Waals surface area contributed by atoms with Gasteiger partial charge in [-0.1, -0.05) is 18.2 Å². The highest BCUT2D eigenvalue weighted by atomic mass is 19.4. The van der Waals surface area contributed by atoms with E-state index >= 15 is 0 Å². The molecule has 1 N–H and O–H groups in total. The number of carbonyl (C=O) groups is 1. The van der Waals surface area contributed by atoms with Gasteiger partial charge in [-0.3, -0.25) is 9.78 Å². The number of alkyl halides is 3. The van der Waals surface area contributed by atoms with Gasteiger partial charge in [0.05, 0.1) is 28.3 Å². The molecule has 0 radical (unpaired) electrons. The number of halogens is 3. The molecule has 152 valence electrons. The Bertz CT molecular complexity index is 1260. The Balaban J connectivity index is 1.82. The highest BCUT2D eigenvalue weighted by molar-refractivity contribution is 6.09.